The van der Waals surface area contributed by atoms with Crippen LogP contribution in [-0.2, 0) is 11.2 Å². The summed E-state index contributed by atoms with van der Waals surface area (Å²) in [5.74, 6) is -0.0555. The van der Waals surface area contributed by atoms with Crippen LogP contribution in [0, 0.1) is 0 Å². The van der Waals surface area contributed by atoms with Crippen molar-refractivity contribution in [3.05, 3.63) is 47.0 Å². The van der Waals surface area contributed by atoms with Gasteiger partial charge in [0, 0.05) is 10.5 Å². The molecule has 0 bridgehead atoms. The maximum Gasteiger partial charge on any atom is 0.244 e. The molecule has 0 unspecified atom stereocenters. The van der Waals surface area contributed by atoms with E-state index in [4.69, 9.17) is 0 Å². The summed E-state index contributed by atoms with van der Waals surface area (Å²) in [5.41, 5.74) is 1.19. The van der Waals surface area contributed by atoms with Gasteiger partial charge in [0.05, 0.1) is 0 Å². The fourth-order valence-electron chi connectivity index (χ4n) is 1.93. The molecule has 0 fully saturated rings. The fourth-order valence-corrected chi connectivity index (χ4v) is 2.19. The lowest BCUT2D eigenvalue weighted by Gasteiger charge is -2.17. The second-order valence-electron chi connectivity index (χ2n) is 4.79. The van der Waals surface area contributed by atoms with E-state index in [1.54, 1.807) is 17.9 Å². The van der Waals surface area contributed by atoms with Crippen molar-refractivity contribution in [1.29, 1.82) is 0 Å². The van der Waals surface area contributed by atoms with Crippen molar-refractivity contribution in [3.63, 3.8) is 0 Å². The largest absolute Gasteiger partial charge is 0.351 e. The number of hydrogen-bond acceptors (Lipinski definition) is 3. The molecule has 1 heterocycles. The van der Waals surface area contributed by atoms with Crippen LogP contribution >= 0.6 is 15.9 Å². The van der Waals surface area contributed by atoms with Crippen molar-refractivity contribution in [2.45, 2.75) is 32.4 Å². The first-order chi connectivity index (χ1) is 9.56. The highest BCUT2D eigenvalue weighted by atomic mass is 79.9. The average molecular weight is 337 g/mol. The quantitative estimate of drug-likeness (QED) is 0.911. The molecule has 0 aliphatic carbocycles. The van der Waals surface area contributed by atoms with Gasteiger partial charge in [-0.3, -0.25) is 4.79 Å². The topological polar surface area (TPSA) is 59.8 Å². The van der Waals surface area contributed by atoms with E-state index in [0.717, 1.165) is 10.9 Å². The summed E-state index contributed by atoms with van der Waals surface area (Å²) in [4.78, 5) is 15.9. The Labute approximate surface area is 126 Å². The van der Waals surface area contributed by atoms with Gasteiger partial charge in [-0.1, -0.05) is 28.1 Å². The lowest BCUT2D eigenvalue weighted by molar-refractivity contribution is -0.124. The Balaban J connectivity index is 1.89. The third-order valence-corrected chi connectivity index (χ3v) is 3.59. The number of nitrogens with one attached hydrogen (secondary N) is 1. The zero-order valence-corrected chi connectivity index (χ0v) is 13.0. The Morgan fingerprint density at radius 1 is 1.35 bits per heavy atom. The maximum atomic E-state index is 12.1. The van der Waals surface area contributed by atoms with E-state index in [1.807, 2.05) is 31.2 Å². The number of carbonyl (C=O) groups excluding carboxylic acids is 1. The average Bonchev–Trinajstić information content (AvgIpc) is 2.94. The lowest BCUT2D eigenvalue weighted by atomic mass is 10.1. The number of carbonyl (C=O) groups is 1. The Morgan fingerprint density at radius 3 is 2.65 bits per heavy atom. The van der Waals surface area contributed by atoms with Crippen LogP contribution in [0.25, 0.3) is 0 Å². The molecule has 6 heteroatoms. The van der Waals surface area contributed by atoms with Gasteiger partial charge in [-0.25, -0.2) is 9.67 Å². The van der Waals surface area contributed by atoms with Crippen LogP contribution < -0.4 is 5.32 Å². The third-order valence-electron chi connectivity index (χ3n) is 3.06. The predicted molar refractivity (Wildman–Crippen MR) is 80.2 cm³/mol. The molecule has 0 saturated heterocycles. The minimum atomic E-state index is -0.357. The molecule has 0 spiro atoms. The molecule has 1 aromatic heterocycles. The first-order valence-electron chi connectivity index (χ1n) is 6.45. The minimum Gasteiger partial charge on any atom is -0.351 e. The van der Waals surface area contributed by atoms with Gasteiger partial charge in [0.15, 0.2) is 0 Å². The number of halogens is 1. The summed E-state index contributed by atoms with van der Waals surface area (Å²) in [5, 5.41) is 6.97. The van der Waals surface area contributed by atoms with Gasteiger partial charge in [0.1, 0.15) is 18.7 Å². The van der Waals surface area contributed by atoms with Crippen LogP contribution in [0.5, 0.6) is 0 Å². The standard InChI is InChI=1S/C14H17BrN4O/c1-10(7-12-3-5-13(15)6-4-12)18-14(20)11(2)19-9-16-8-17-19/h3-6,8-11H,7H2,1-2H3,(H,18,20)/t10-,11+/m0/s1. The van der Waals surface area contributed by atoms with E-state index in [2.05, 4.69) is 31.3 Å². The molecular formula is C14H17BrN4O. The van der Waals surface area contributed by atoms with Crippen LogP contribution in [0.3, 0.4) is 0 Å². The molecular weight excluding hydrogens is 320 g/mol. The molecule has 2 atom stereocenters. The van der Waals surface area contributed by atoms with Crippen LogP contribution in [-0.4, -0.2) is 26.7 Å². The second-order valence-corrected chi connectivity index (χ2v) is 5.71. The number of nitrogens with zero attached hydrogens (tertiary/aromatic N) is 3. The van der Waals surface area contributed by atoms with E-state index < -0.39 is 0 Å². The van der Waals surface area contributed by atoms with Crippen molar-refractivity contribution >= 4 is 21.8 Å². The van der Waals surface area contributed by atoms with E-state index in [-0.39, 0.29) is 18.0 Å². The van der Waals surface area contributed by atoms with Crippen LogP contribution in [0.1, 0.15) is 25.5 Å². The number of amides is 1. The molecule has 0 aliphatic rings. The zero-order valence-electron chi connectivity index (χ0n) is 11.5. The summed E-state index contributed by atoms with van der Waals surface area (Å²) >= 11 is 3.41. The van der Waals surface area contributed by atoms with Gasteiger partial charge in [-0.05, 0) is 38.0 Å². The Kier molecular flexibility index (Phi) is 4.89. The van der Waals surface area contributed by atoms with Gasteiger partial charge in [-0.15, -0.1) is 0 Å². The van der Waals surface area contributed by atoms with Gasteiger partial charge >= 0.3 is 0 Å². The highest BCUT2D eigenvalue weighted by Crippen LogP contribution is 2.12. The Morgan fingerprint density at radius 2 is 2.05 bits per heavy atom. The number of hydrogen-bond donors (Lipinski definition) is 1. The van der Waals surface area contributed by atoms with Gasteiger partial charge in [0.25, 0.3) is 0 Å². The SMILES string of the molecule is C[C@H](C(=O)N[C@@H](C)Cc1ccc(Br)cc1)n1cncn1. The van der Waals surface area contributed by atoms with E-state index >= 15 is 0 Å². The molecule has 1 aromatic carbocycles. The second kappa shape index (κ2) is 6.65. The number of rotatable bonds is 5. The molecule has 0 aliphatic heterocycles. The van der Waals surface area contributed by atoms with E-state index in [0.29, 0.717) is 0 Å². The normalized spacial score (nSPS) is 13.8. The van der Waals surface area contributed by atoms with Crippen molar-refractivity contribution in [1.82, 2.24) is 20.1 Å². The van der Waals surface area contributed by atoms with Gasteiger partial charge in [0.2, 0.25) is 5.91 Å². The minimum absolute atomic E-state index is 0.0555. The van der Waals surface area contributed by atoms with Crippen molar-refractivity contribution in [2.24, 2.45) is 0 Å². The fraction of sp³-hybridized carbons (Fsp3) is 0.357. The molecule has 5 nitrogen and oxygen atoms in total. The molecule has 1 N–H and O–H groups in total. The summed E-state index contributed by atoms with van der Waals surface area (Å²) in [6, 6.07) is 7.81. The van der Waals surface area contributed by atoms with Crippen molar-refractivity contribution in [3.8, 4) is 0 Å². The van der Waals surface area contributed by atoms with Crippen molar-refractivity contribution in [2.75, 3.05) is 0 Å². The number of aromatic nitrogens is 3. The molecule has 2 rings (SSSR count). The maximum absolute atomic E-state index is 12.1. The Bertz CT molecular complexity index is 553. The summed E-state index contributed by atoms with van der Waals surface area (Å²) in [6.07, 6.45) is 3.77. The molecule has 2 aromatic rings. The van der Waals surface area contributed by atoms with E-state index in [1.165, 1.54) is 11.9 Å². The Hall–Kier alpha value is -1.69. The molecule has 106 valence electrons. The molecule has 0 radical (unpaired) electrons. The molecule has 20 heavy (non-hydrogen) atoms. The monoisotopic (exact) mass is 336 g/mol. The summed E-state index contributed by atoms with van der Waals surface area (Å²) in [7, 11) is 0. The lowest BCUT2D eigenvalue weighted by Crippen LogP contribution is -2.38. The van der Waals surface area contributed by atoms with Crippen LogP contribution in [0.2, 0.25) is 0 Å². The third kappa shape index (κ3) is 3.90. The van der Waals surface area contributed by atoms with E-state index in [9.17, 15) is 4.79 Å². The first-order valence-corrected chi connectivity index (χ1v) is 7.24. The first kappa shape index (κ1) is 14.7. The van der Waals surface area contributed by atoms with Crippen LogP contribution in [0.15, 0.2) is 41.4 Å². The highest BCUT2D eigenvalue weighted by Gasteiger charge is 2.17. The van der Waals surface area contributed by atoms with Gasteiger partial charge < -0.3 is 5.32 Å². The number of benzene rings is 1. The predicted octanol–water partition coefficient (Wildman–Crippen LogP) is 2.35. The summed E-state index contributed by atoms with van der Waals surface area (Å²) < 4.78 is 2.60. The molecule has 1 amide bonds. The highest BCUT2D eigenvalue weighted by molar-refractivity contribution is 9.10. The van der Waals surface area contributed by atoms with Gasteiger partial charge in [-0.2, -0.15) is 5.10 Å². The van der Waals surface area contributed by atoms with Crippen molar-refractivity contribution < 1.29 is 4.79 Å². The summed E-state index contributed by atoms with van der Waals surface area (Å²) in [6.45, 7) is 3.80. The van der Waals surface area contributed by atoms with Crippen LogP contribution in [0.4, 0.5) is 0 Å². The molecule has 0 saturated carbocycles. The zero-order chi connectivity index (χ0) is 14.5. The smallest absolute Gasteiger partial charge is 0.244 e.